The average Bonchev–Trinajstić information content (AvgIpc) is 2.73. The van der Waals surface area contributed by atoms with Gasteiger partial charge in [-0.25, -0.2) is 9.78 Å². The molecule has 0 aliphatic rings. The Labute approximate surface area is 167 Å². The number of halogens is 1. The number of hydrogen-bond donors (Lipinski definition) is 1. The van der Waals surface area contributed by atoms with Gasteiger partial charge in [0.2, 0.25) is 0 Å². The fourth-order valence-corrected chi connectivity index (χ4v) is 2.56. The first-order valence-electron chi connectivity index (χ1n) is 8.47. The second kappa shape index (κ2) is 9.53. The number of carbonyl (C=O) groups excluding carboxylic acids is 2. The van der Waals surface area contributed by atoms with Crippen LogP contribution in [0.3, 0.4) is 0 Å². The molecule has 3 rings (SSSR count). The Balaban J connectivity index is 1.58. The molecule has 0 aliphatic carbocycles. The molecule has 1 amide bonds. The molecule has 142 valence electrons. The predicted molar refractivity (Wildman–Crippen MR) is 105 cm³/mol. The van der Waals surface area contributed by atoms with Crippen LogP contribution in [0.5, 0.6) is 5.75 Å². The first kappa shape index (κ1) is 19.4. The van der Waals surface area contributed by atoms with E-state index in [9.17, 15) is 9.59 Å². The first-order valence-corrected chi connectivity index (χ1v) is 8.84. The summed E-state index contributed by atoms with van der Waals surface area (Å²) >= 11 is 5.89. The molecule has 1 N–H and O–H groups in total. The van der Waals surface area contributed by atoms with Crippen LogP contribution < -0.4 is 10.1 Å². The van der Waals surface area contributed by atoms with Crippen molar-refractivity contribution in [3.8, 4) is 5.75 Å². The highest BCUT2D eigenvalue weighted by Gasteiger charge is 2.15. The Morgan fingerprint density at radius 2 is 1.71 bits per heavy atom. The maximum atomic E-state index is 12.4. The highest BCUT2D eigenvalue weighted by molar-refractivity contribution is 6.32. The van der Waals surface area contributed by atoms with Gasteiger partial charge in [0, 0.05) is 11.8 Å². The minimum Gasteiger partial charge on any atom is -0.489 e. The maximum absolute atomic E-state index is 12.4. The quantitative estimate of drug-likeness (QED) is 0.480. The number of esters is 1. The van der Waals surface area contributed by atoms with E-state index in [0.29, 0.717) is 22.6 Å². The topological polar surface area (TPSA) is 77.5 Å². The zero-order valence-corrected chi connectivity index (χ0v) is 15.6. The Kier molecular flexibility index (Phi) is 6.59. The molecule has 2 aromatic carbocycles. The van der Waals surface area contributed by atoms with Gasteiger partial charge in [-0.15, -0.1) is 0 Å². The summed E-state index contributed by atoms with van der Waals surface area (Å²) in [4.78, 5) is 28.3. The molecule has 1 aromatic heterocycles. The molecule has 0 aliphatic heterocycles. The van der Waals surface area contributed by atoms with Gasteiger partial charge in [-0.1, -0.05) is 48.0 Å². The predicted octanol–water partition coefficient (Wildman–Crippen LogP) is 4.11. The molecular weight excluding hydrogens is 380 g/mol. The summed E-state index contributed by atoms with van der Waals surface area (Å²) < 4.78 is 10.8. The molecular formula is C21H17ClN2O4. The van der Waals surface area contributed by atoms with Crippen LogP contribution in [0.25, 0.3) is 0 Å². The van der Waals surface area contributed by atoms with Gasteiger partial charge >= 0.3 is 5.97 Å². The third-order valence-corrected chi connectivity index (χ3v) is 4.04. The Hall–Kier alpha value is -3.38. The summed E-state index contributed by atoms with van der Waals surface area (Å²) in [5.74, 6) is -0.431. The van der Waals surface area contributed by atoms with Crippen molar-refractivity contribution in [2.45, 2.75) is 6.61 Å². The van der Waals surface area contributed by atoms with Crippen molar-refractivity contribution in [2.24, 2.45) is 0 Å². The smallest absolute Gasteiger partial charge is 0.339 e. The molecule has 28 heavy (non-hydrogen) atoms. The van der Waals surface area contributed by atoms with Crippen molar-refractivity contribution >= 4 is 29.2 Å². The first-order chi connectivity index (χ1) is 13.6. The fourth-order valence-electron chi connectivity index (χ4n) is 2.40. The van der Waals surface area contributed by atoms with Crippen LogP contribution in [-0.2, 0) is 16.1 Å². The lowest BCUT2D eigenvalue weighted by molar-refractivity contribution is -0.119. The molecule has 0 unspecified atom stereocenters. The molecule has 0 bridgehead atoms. The van der Waals surface area contributed by atoms with Gasteiger partial charge in [0.05, 0.1) is 11.3 Å². The lowest BCUT2D eigenvalue weighted by Gasteiger charge is -2.11. The number of aromatic nitrogens is 1. The molecule has 7 heteroatoms. The maximum Gasteiger partial charge on any atom is 0.339 e. The number of hydrogen-bond acceptors (Lipinski definition) is 5. The van der Waals surface area contributed by atoms with Gasteiger partial charge in [0.15, 0.2) is 11.8 Å². The standard InChI is InChI=1S/C21H17ClN2O4/c22-20-18(11-6-12-23-20)24-19(25)14-28-21(26)17-10-5-4-7-15(17)13-27-16-8-2-1-3-9-16/h1-12H,13-14H2,(H,24,25). The summed E-state index contributed by atoms with van der Waals surface area (Å²) in [6, 6.07) is 19.4. The second-order valence-electron chi connectivity index (χ2n) is 5.72. The average molecular weight is 397 g/mol. The molecule has 3 aromatic rings. The van der Waals surface area contributed by atoms with E-state index in [1.54, 1.807) is 36.4 Å². The van der Waals surface area contributed by atoms with Crippen LogP contribution in [0.4, 0.5) is 5.69 Å². The number of rotatable bonds is 7. The van der Waals surface area contributed by atoms with Crippen molar-refractivity contribution in [1.82, 2.24) is 4.98 Å². The number of amides is 1. The highest BCUT2D eigenvalue weighted by atomic mass is 35.5. The number of ether oxygens (including phenoxy) is 2. The highest BCUT2D eigenvalue weighted by Crippen LogP contribution is 2.18. The van der Waals surface area contributed by atoms with Gasteiger partial charge in [-0.2, -0.15) is 0 Å². The van der Waals surface area contributed by atoms with Crippen molar-refractivity contribution in [3.05, 3.63) is 89.2 Å². The lowest BCUT2D eigenvalue weighted by atomic mass is 10.1. The summed E-state index contributed by atoms with van der Waals surface area (Å²) in [5.41, 5.74) is 1.35. The van der Waals surface area contributed by atoms with Crippen LogP contribution in [-0.4, -0.2) is 23.5 Å². The third kappa shape index (κ3) is 5.31. The summed E-state index contributed by atoms with van der Waals surface area (Å²) in [5, 5.41) is 2.70. The Bertz CT molecular complexity index is 963. The molecule has 1 heterocycles. The minimum absolute atomic E-state index is 0.158. The van der Waals surface area contributed by atoms with Crippen LogP contribution in [0.2, 0.25) is 5.15 Å². The van der Waals surface area contributed by atoms with E-state index < -0.39 is 18.5 Å². The number of nitrogens with zero attached hydrogens (tertiary/aromatic N) is 1. The van der Waals surface area contributed by atoms with Crippen LogP contribution in [0.1, 0.15) is 15.9 Å². The van der Waals surface area contributed by atoms with Crippen molar-refractivity contribution in [2.75, 3.05) is 11.9 Å². The number of nitrogens with one attached hydrogen (secondary N) is 1. The summed E-state index contributed by atoms with van der Waals surface area (Å²) in [6.07, 6.45) is 1.51. The third-order valence-electron chi connectivity index (χ3n) is 3.74. The van der Waals surface area contributed by atoms with E-state index in [1.165, 1.54) is 6.20 Å². The Morgan fingerprint density at radius 1 is 0.964 bits per heavy atom. The molecule has 0 fully saturated rings. The van der Waals surface area contributed by atoms with E-state index in [2.05, 4.69) is 10.3 Å². The van der Waals surface area contributed by atoms with Gasteiger partial charge in [0.25, 0.3) is 5.91 Å². The monoisotopic (exact) mass is 396 g/mol. The van der Waals surface area contributed by atoms with Gasteiger partial charge in [-0.05, 0) is 30.3 Å². The number of pyridine rings is 1. The van der Waals surface area contributed by atoms with E-state index in [4.69, 9.17) is 21.1 Å². The van der Waals surface area contributed by atoms with Crippen molar-refractivity contribution in [3.63, 3.8) is 0 Å². The van der Waals surface area contributed by atoms with E-state index in [-0.39, 0.29) is 11.8 Å². The summed E-state index contributed by atoms with van der Waals surface area (Å²) in [6.45, 7) is -0.245. The molecule has 0 saturated heterocycles. The van der Waals surface area contributed by atoms with Gasteiger partial charge in [0.1, 0.15) is 12.4 Å². The molecule has 0 saturated carbocycles. The van der Waals surface area contributed by atoms with Crippen molar-refractivity contribution < 1.29 is 19.1 Å². The SMILES string of the molecule is O=C(COC(=O)c1ccccc1COc1ccccc1)Nc1cccnc1Cl. The zero-order valence-electron chi connectivity index (χ0n) is 14.8. The normalized spacial score (nSPS) is 10.2. The number of carbonyl (C=O) groups is 2. The molecule has 0 atom stereocenters. The van der Waals surface area contributed by atoms with Gasteiger partial charge in [-0.3, -0.25) is 4.79 Å². The van der Waals surface area contributed by atoms with Crippen molar-refractivity contribution in [1.29, 1.82) is 0 Å². The van der Waals surface area contributed by atoms with E-state index >= 15 is 0 Å². The van der Waals surface area contributed by atoms with Crippen LogP contribution in [0, 0.1) is 0 Å². The van der Waals surface area contributed by atoms with Crippen LogP contribution in [0.15, 0.2) is 72.9 Å². The number of benzene rings is 2. The molecule has 0 radical (unpaired) electrons. The van der Waals surface area contributed by atoms with Gasteiger partial charge < -0.3 is 14.8 Å². The van der Waals surface area contributed by atoms with Crippen LogP contribution >= 0.6 is 11.6 Å². The second-order valence-corrected chi connectivity index (χ2v) is 6.08. The minimum atomic E-state index is -0.611. The largest absolute Gasteiger partial charge is 0.489 e. The molecule has 6 nitrogen and oxygen atoms in total. The Morgan fingerprint density at radius 3 is 2.50 bits per heavy atom. The molecule has 0 spiro atoms. The number of anilines is 1. The van der Waals surface area contributed by atoms with E-state index in [0.717, 1.165) is 0 Å². The number of para-hydroxylation sites is 1. The van der Waals surface area contributed by atoms with E-state index in [1.807, 2.05) is 30.3 Å². The summed E-state index contributed by atoms with van der Waals surface area (Å²) in [7, 11) is 0. The lowest BCUT2D eigenvalue weighted by Crippen LogP contribution is -2.21. The fraction of sp³-hybridized carbons (Fsp3) is 0.0952. The zero-order chi connectivity index (χ0) is 19.8.